The molecule has 0 aromatic heterocycles. The van der Waals surface area contributed by atoms with Crippen LogP contribution in [-0.4, -0.2) is 47.3 Å². The van der Waals surface area contributed by atoms with Gasteiger partial charge in [0.2, 0.25) is 0 Å². The van der Waals surface area contributed by atoms with E-state index < -0.39 is 22.4 Å². The Morgan fingerprint density at radius 3 is 1.67 bits per heavy atom. The molecule has 0 bridgehead atoms. The van der Waals surface area contributed by atoms with Gasteiger partial charge in [-0.15, -0.1) is 0 Å². The maximum Gasteiger partial charge on any atom is 0.192 e. The zero-order valence-corrected chi connectivity index (χ0v) is 24.1. The highest BCUT2D eigenvalue weighted by Gasteiger charge is 2.58. The van der Waals surface area contributed by atoms with E-state index in [1.54, 1.807) is 0 Å². The molecule has 2 fully saturated rings. The number of hydrogen-bond donors (Lipinski definition) is 0. The number of hydrogen-bond acceptors (Lipinski definition) is 4. The van der Waals surface area contributed by atoms with Gasteiger partial charge in [0.15, 0.2) is 22.4 Å². The monoisotopic (exact) mass is 458 g/mol. The normalized spacial score (nSPS) is 36.9. The SMILES string of the molecule is C[C@@H]1[C@H](O[Si](C)(C)C(C)(C)C)C[C@H](C)O[C@@]12OCC[C@@H](O[Si](C)(C)C(C)(C)C)[C@@H]2C. The van der Waals surface area contributed by atoms with Crippen molar-refractivity contribution in [3.8, 4) is 0 Å². The molecule has 6 atom stereocenters. The summed E-state index contributed by atoms with van der Waals surface area (Å²) < 4.78 is 27.0. The summed E-state index contributed by atoms with van der Waals surface area (Å²) >= 11 is 0. The molecule has 2 saturated heterocycles. The van der Waals surface area contributed by atoms with Gasteiger partial charge in [0.1, 0.15) is 0 Å². The number of ether oxygens (including phenoxy) is 2. The third-order valence-electron chi connectivity index (χ3n) is 8.57. The Labute approximate surface area is 189 Å². The molecule has 0 saturated carbocycles. The molecule has 0 N–H and O–H groups in total. The van der Waals surface area contributed by atoms with Crippen molar-refractivity contribution in [3.63, 3.8) is 0 Å². The summed E-state index contributed by atoms with van der Waals surface area (Å²) in [6.45, 7) is 30.7. The summed E-state index contributed by atoms with van der Waals surface area (Å²) in [6.07, 6.45) is 2.31. The van der Waals surface area contributed by atoms with Crippen LogP contribution in [0.3, 0.4) is 0 Å². The Balaban J connectivity index is 2.29. The molecule has 2 rings (SSSR count). The van der Waals surface area contributed by atoms with Crippen molar-refractivity contribution in [2.75, 3.05) is 6.61 Å². The first-order chi connectivity index (χ1) is 13.3. The Bertz CT molecular complexity index is 587. The van der Waals surface area contributed by atoms with Gasteiger partial charge >= 0.3 is 0 Å². The van der Waals surface area contributed by atoms with E-state index in [4.69, 9.17) is 18.3 Å². The van der Waals surface area contributed by atoms with Crippen molar-refractivity contribution in [2.24, 2.45) is 11.8 Å². The maximum atomic E-state index is 6.94. The molecule has 0 aliphatic carbocycles. The minimum Gasteiger partial charge on any atom is -0.413 e. The first-order valence-corrected chi connectivity index (χ1v) is 17.8. The lowest BCUT2D eigenvalue weighted by Crippen LogP contribution is -2.65. The third kappa shape index (κ3) is 5.09. The van der Waals surface area contributed by atoms with Gasteiger partial charge in [0.05, 0.1) is 24.9 Å². The zero-order chi connectivity index (χ0) is 23.3. The topological polar surface area (TPSA) is 36.9 Å². The summed E-state index contributed by atoms with van der Waals surface area (Å²) in [4.78, 5) is 0. The second-order valence-corrected chi connectivity index (χ2v) is 22.4. The van der Waals surface area contributed by atoms with Gasteiger partial charge in [-0.25, -0.2) is 0 Å². The molecule has 30 heavy (non-hydrogen) atoms. The molecule has 2 heterocycles. The van der Waals surface area contributed by atoms with Crippen LogP contribution in [-0.2, 0) is 18.3 Å². The van der Waals surface area contributed by atoms with Crippen LogP contribution >= 0.6 is 0 Å². The van der Waals surface area contributed by atoms with E-state index in [1.807, 2.05) is 0 Å². The van der Waals surface area contributed by atoms with Crippen LogP contribution in [0, 0.1) is 11.8 Å². The van der Waals surface area contributed by atoms with E-state index in [2.05, 4.69) is 88.5 Å². The summed E-state index contributed by atoms with van der Waals surface area (Å²) in [5, 5.41) is 0.382. The second-order valence-electron chi connectivity index (χ2n) is 12.9. The van der Waals surface area contributed by atoms with Gasteiger partial charge in [0, 0.05) is 11.8 Å². The van der Waals surface area contributed by atoms with E-state index in [-0.39, 0.29) is 40.2 Å². The lowest BCUT2D eigenvalue weighted by atomic mass is 9.76. The fourth-order valence-electron chi connectivity index (χ4n) is 4.34. The van der Waals surface area contributed by atoms with Crippen LogP contribution in [0.4, 0.5) is 0 Å². The highest BCUT2D eigenvalue weighted by Crippen LogP contribution is 2.50. The van der Waals surface area contributed by atoms with Gasteiger partial charge in [-0.3, -0.25) is 0 Å². The molecule has 0 aromatic rings. The van der Waals surface area contributed by atoms with Crippen LogP contribution in [0.1, 0.15) is 75.2 Å². The highest BCUT2D eigenvalue weighted by molar-refractivity contribution is 6.74. The molecule has 2 aliphatic rings. The molecule has 0 aromatic carbocycles. The fraction of sp³-hybridized carbons (Fsp3) is 1.00. The predicted octanol–water partition coefficient (Wildman–Crippen LogP) is 6.96. The summed E-state index contributed by atoms with van der Waals surface area (Å²) in [7, 11) is -3.75. The smallest absolute Gasteiger partial charge is 0.192 e. The van der Waals surface area contributed by atoms with Crippen LogP contribution < -0.4 is 0 Å². The molecule has 6 heteroatoms. The number of rotatable bonds is 4. The van der Waals surface area contributed by atoms with Crippen molar-refractivity contribution < 1.29 is 18.3 Å². The Morgan fingerprint density at radius 2 is 1.20 bits per heavy atom. The van der Waals surface area contributed by atoms with Crippen LogP contribution in [0.25, 0.3) is 0 Å². The summed E-state index contributed by atoms with van der Waals surface area (Å²) in [5.74, 6) is -0.289. The molecule has 0 unspecified atom stereocenters. The van der Waals surface area contributed by atoms with Gasteiger partial charge in [-0.1, -0.05) is 55.4 Å². The Kier molecular flexibility index (Phi) is 7.57. The van der Waals surface area contributed by atoms with Gasteiger partial charge in [-0.05, 0) is 56.0 Å². The van der Waals surface area contributed by atoms with E-state index in [1.165, 1.54) is 0 Å². The molecule has 178 valence electrons. The van der Waals surface area contributed by atoms with Crippen molar-refractivity contribution in [3.05, 3.63) is 0 Å². The summed E-state index contributed by atoms with van der Waals surface area (Å²) in [5.41, 5.74) is 0. The molecule has 1 spiro atoms. The average Bonchev–Trinajstić information content (AvgIpc) is 2.53. The van der Waals surface area contributed by atoms with Crippen molar-refractivity contribution in [1.82, 2.24) is 0 Å². The first-order valence-electron chi connectivity index (χ1n) is 12.0. The van der Waals surface area contributed by atoms with E-state index in [0.717, 1.165) is 12.8 Å². The molecule has 0 amide bonds. The highest BCUT2D eigenvalue weighted by atomic mass is 28.4. The first kappa shape index (κ1) is 26.5. The Morgan fingerprint density at radius 1 is 0.767 bits per heavy atom. The minimum absolute atomic E-state index is 0.116. The summed E-state index contributed by atoms with van der Waals surface area (Å²) in [6, 6.07) is 0. The Hall–Kier alpha value is 0.274. The molecular weight excluding hydrogens is 408 g/mol. The third-order valence-corrected chi connectivity index (χ3v) is 17.6. The van der Waals surface area contributed by atoms with E-state index >= 15 is 0 Å². The van der Waals surface area contributed by atoms with Crippen LogP contribution in [0.15, 0.2) is 0 Å². The van der Waals surface area contributed by atoms with Crippen molar-refractivity contribution in [1.29, 1.82) is 0 Å². The maximum absolute atomic E-state index is 6.94. The predicted molar refractivity (Wildman–Crippen MR) is 131 cm³/mol. The van der Waals surface area contributed by atoms with Crippen molar-refractivity contribution in [2.45, 2.75) is 136 Å². The van der Waals surface area contributed by atoms with Crippen molar-refractivity contribution >= 4 is 16.6 Å². The standard InChI is InChI=1S/C24H50O4Si2/c1-17-16-21(28-30(12,13)23(7,8)9)19(3)24(26-17)18(2)20(14-15-25-24)27-29(10,11)22(4,5)6/h17-21H,14-16H2,1-13H3/t17-,18-,19+,20+,21+,24+/m0/s1. The van der Waals surface area contributed by atoms with Crippen LogP contribution in [0.2, 0.25) is 36.3 Å². The average molecular weight is 459 g/mol. The quantitative estimate of drug-likeness (QED) is 0.426. The molecule has 4 nitrogen and oxygen atoms in total. The van der Waals surface area contributed by atoms with E-state index in [0.29, 0.717) is 6.61 Å². The van der Waals surface area contributed by atoms with Gasteiger partial charge in [-0.2, -0.15) is 0 Å². The zero-order valence-electron chi connectivity index (χ0n) is 22.1. The van der Waals surface area contributed by atoms with E-state index in [9.17, 15) is 0 Å². The van der Waals surface area contributed by atoms with Crippen LogP contribution in [0.5, 0.6) is 0 Å². The second kappa shape index (κ2) is 8.56. The van der Waals surface area contributed by atoms with Gasteiger partial charge in [0.25, 0.3) is 0 Å². The molecule has 0 radical (unpaired) electrons. The molecular formula is C24H50O4Si2. The van der Waals surface area contributed by atoms with Gasteiger partial charge < -0.3 is 18.3 Å². The largest absolute Gasteiger partial charge is 0.413 e. The molecule has 2 aliphatic heterocycles. The lowest BCUT2D eigenvalue weighted by molar-refractivity contribution is -0.363. The fourth-order valence-corrected chi connectivity index (χ4v) is 7.19. The lowest BCUT2D eigenvalue weighted by Gasteiger charge is -2.57. The minimum atomic E-state index is -1.88.